The van der Waals surface area contributed by atoms with Crippen molar-refractivity contribution < 1.29 is 9.53 Å². The van der Waals surface area contributed by atoms with E-state index in [9.17, 15) is 4.79 Å². The van der Waals surface area contributed by atoms with E-state index < -0.39 is 5.91 Å². The van der Waals surface area contributed by atoms with Gasteiger partial charge in [0.15, 0.2) is 0 Å². The fourth-order valence-corrected chi connectivity index (χ4v) is 1.55. The van der Waals surface area contributed by atoms with Gasteiger partial charge in [-0.15, -0.1) is 0 Å². The van der Waals surface area contributed by atoms with Crippen LogP contribution in [0.15, 0.2) is 36.7 Å². The van der Waals surface area contributed by atoms with Crippen LogP contribution in [0.3, 0.4) is 0 Å². The quantitative estimate of drug-likeness (QED) is 0.757. The van der Waals surface area contributed by atoms with Crippen molar-refractivity contribution >= 4 is 11.6 Å². The molecule has 0 atom stereocenters. The Hall–Kier alpha value is -2.50. The molecule has 94 valence electrons. The molecule has 18 heavy (non-hydrogen) atoms. The summed E-state index contributed by atoms with van der Waals surface area (Å²) < 4.78 is 7.25. The molecule has 1 aromatic heterocycles. The number of carbonyl (C=O) groups excluding carboxylic acids is 1. The van der Waals surface area contributed by atoms with Crippen molar-refractivity contribution in [1.82, 2.24) is 9.78 Å². The molecule has 0 radical (unpaired) electrons. The number of nitrogens with two attached hydrogens (primary N) is 2. The average molecular weight is 246 g/mol. The molecule has 1 aromatic carbocycles. The second-order valence-corrected chi connectivity index (χ2v) is 3.74. The number of rotatable bonds is 5. The first-order valence-corrected chi connectivity index (χ1v) is 5.46. The lowest BCUT2D eigenvalue weighted by Gasteiger charge is -2.10. The molecule has 0 spiro atoms. The first-order chi connectivity index (χ1) is 8.66. The standard InChI is InChI=1S/C12H14N4O2/c13-9-2-3-11(10(8-9)12(14)17)18-7-6-16-5-1-4-15-16/h1-5,8H,6-7,13H2,(H2,14,17). The molecule has 0 fully saturated rings. The highest BCUT2D eigenvalue weighted by atomic mass is 16.5. The number of ether oxygens (including phenoxy) is 1. The lowest BCUT2D eigenvalue weighted by molar-refractivity contribution is 0.0996. The monoisotopic (exact) mass is 246 g/mol. The SMILES string of the molecule is NC(=O)c1cc(N)ccc1OCCn1cccn1. The number of benzene rings is 1. The summed E-state index contributed by atoms with van der Waals surface area (Å²) in [6, 6.07) is 6.64. The number of aromatic nitrogens is 2. The van der Waals surface area contributed by atoms with Crippen LogP contribution >= 0.6 is 0 Å². The fraction of sp³-hybridized carbons (Fsp3) is 0.167. The van der Waals surface area contributed by atoms with Crippen molar-refractivity contribution in [2.45, 2.75) is 6.54 Å². The minimum absolute atomic E-state index is 0.287. The van der Waals surface area contributed by atoms with E-state index in [2.05, 4.69) is 5.10 Å². The molecule has 0 aliphatic carbocycles. The highest BCUT2D eigenvalue weighted by Crippen LogP contribution is 2.20. The molecule has 6 heteroatoms. The molecule has 0 bridgehead atoms. The molecule has 1 heterocycles. The third-order valence-corrected chi connectivity index (χ3v) is 2.41. The van der Waals surface area contributed by atoms with Gasteiger partial charge in [-0.2, -0.15) is 5.10 Å². The van der Waals surface area contributed by atoms with Crippen molar-refractivity contribution in [1.29, 1.82) is 0 Å². The maximum atomic E-state index is 11.2. The van der Waals surface area contributed by atoms with Crippen molar-refractivity contribution in [3.63, 3.8) is 0 Å². The van der Waals surface area contributed by atoms with E-state index >= 15 is 0 Å². The van der Waals surface area contributed by atoms with E-state index in [1.165, 1.54) is 6.07 Å². The summed E-state index contributed by atoms with van der Waals surface area (Å²) in [4.78, 5) is 11.2. The smallest absolute Gasteiger partial charge is 0.252 e. The number of anilines is 1. The highest BCUT2D eigenvalue weighted by Gasteiger charge is 2.09. The van der Waals surface area contributed by atoms with Crippen LogP contribution in [0, 0.1) is 0 Å². The van der Waals surface area contributed by atoms with Gasteiger partial charge < -0.3 is 16.2 Å². The minimum atomic E-state index is -0.559. The molecule has 2 rings (SSSR count). The zero-order valence-corrected chi connectivity index (χ0v) is 9.74. The number of primary amides is 1. The summed E-state index contributed by atoms with van der Waals surface area (Å²) in [6.07, 6.45) is 3.53. The van der Waals surface area contributed by atoms with Gasteiger partial charge in [0, 0.05) is 18.1 Å². The summed E-state index contributed by atoms with van der Waals surface area (Å²) in [6.45, 7) is 0.988. The number of carbonyl (C=O) groups is 1. The van der Waals surface area contributed by atoms with E-state index in [4.69, 9.17) is 16.2 Å². The lowest BCUT2D eigenvalue weighted by Crippen LogP contribution is -2.15. The Balaban J connectivity index is 2.02. The molecule has 6 nitrogen and oxygen atoms in total. The summed E-state index contributed by atoms with van der Waals surface area (Å²) in [5.41, 5.74) is 11.6. The first kappa shape index (κ1) is 12.0. The van der Waals surface area contributed by atoms with E-state index in [1.807, 2.05) is 12.3 Å². The molecule has 4 N–H and O–H groups in total. The Bertz CT molecular complexity index is 537. The molecule has 0 saturated carbocycles. The molecular formula is C12H14N4O2. The number of nitrogens with zero attached hydrogens (tertiary/aromatic N) is 2. The molecular weight excluding hydrogens is 232 g/mol. The van der Waals surface area contributed by atoms with Gasteiger partial charge in [-0.05, 0) is 24.3 Å². The molecule has 0 aliphatic heterocycles. The van der Waals surface area contributed by atoms with Gasteiger partial charge >= 0.3 is 0 Å². The second-order valence-electron chi connectivity index (χ2n) is 3.74. The van der Waals surface area contributed by atoms with Crippen molar-refractivity contribution in [2.24, 2.45) is 5.73 Å². The van der Waals surface area contributed by atoms with E-state index in [0.29, 0.717) is 24.6 Å². The third-order valence-electron chi connectivity index (χ3n) is 2.41. The molecule has 0 unspecified atom stereocenters. The topological polar surface area (TPSA) is 96.2 Å². The van der Waals surface area contributed by atoms with Crippen LogP contribution in [-0.4, -0.2) is 22.3 Å². The first-order valence-electron chi connectivity index (χ1n) is 5.46. The number of hydrogen-bond acceptors (Lipinski definition) is 4. The Labute approximate surface area is 104 Å². The van der Waals surface area contributed by atoms with Gasteiger partial charge in [0.25, 0.3) is 5.91 Å². The largest absolute Gasteiger partial charge is 0.491 e. The number of amides is 1. The van der Waals surface area contributed by atoms with Crippen LogP contribution in [-0.2, 0) is 6.54 Å². The Kier molecular flexibility index (Phi) is 3.47. The number of nitrogen functional groups attached to an aromatic ring is 1. The fourth-order valence-electron chi connectivity index (χ4n) is 1.55. The lowest BCUT2D eigenvalue weighted by atomic mass is 10.1. The predicted octanol–water partition coefficient (Wildman–Crippen LogP) is 0.643. The van der Waals surface area contributed by atoms with Crippen LogP contribution < -0.4 is 16.2 Å². The van der Waals surface area contributed by atoms with Gasteiger partial charge in [-0.25, -0.2) is 0 Å². The Morgan fingerprint density at radius 1 is 1.44 bits per heavy atom. The number of hydrogen-bond donors (Lipinski definition) is 2. The molecule has 0 saturated heterocycles. The maximum absolute atomic E-state index is 11.2. The Morgan fingerprint density at radius 2 is 2.28 bits per heavy atom. The zero-order valence-electron chi connectivity index (χ0n) is 9.74. The van der Waals surface area contributed by atoms with Gasteiger partial charge in [0.2, 0.25) is 0 Å². The maximum Gasteiger partial charge on any atom is 0.252 e. The summed E-state index contributed by atoms with van der Waals surface area (Å²) in [7, 11) is 0. The van der Waals surface area contributed by atoms with Crippen molar-refractivity contribution in [2.75, 3.05) is 12.3 Å². The van der Waals surface area contributed by atoms with Crippen LogP contribution in [0.2, 0.25) is 0 Å². The minimum Gasteiger partial charge on any atom is -0.491 e. The van der Waals surface area contributed by atoms with Crippen LogP contribution in [0.4, 0.5) is 5.69 Å². The zero-order chi connectivity index (χ0) is 13.0. The highest BCUT2D eigenvalue weighted by molar-refractivity contribution is 5.96. The average Bonchev–Trinajstić information content (AvgIpc) is 2.84. The summed E-state index contributed by atoms with van der Waals surface area (Å²) in [5, 5.41) is 4.04. The van der Waals surface area contributed by atoms with Gasteiger partial charge in [-0.1, -0.05) is 0 Å². The normalized spacial score (nSPS) is 10.2. The van der Waals surface area contributed by atoms with Crippen LogP contribution in [0.25, 0.3) is 0 Å². The second kappa shape index (κ2) is 5.22. The van der Waals surface area contributed by atoms with E-state index in [0.717, 1.165) is 0 Å². The van der Waals surface area contributed by atoms with Gasteiger partial charge in [0.05, 0.1) is 12.1 Å². The van der Waals surface area contributed by atoms with Gasteiger partial charge in [-0.3, -0.25) is 9.48 Å². The van der Waals surface area contributed by atoms with Crippen molar-refractivity contribution in [3.8, 4) is 5.75 Å². The van der Waals surface area contributed by atoms with Crippen LogP contribution in [0.1, 0.15) is 10.4 Å². The van der Waals surface area contributed by atoms with Crippen molar-refractivity contribution in [3.05, 3.63) is 42.2 Å². The molecule has 0 aliphatic rings. The summed E-state index contributed by atoms with van der Waals surface area (Å²) in [5.74, 6) is -0.125. The predicted molar refractivity (Wildman–Crippen MR) is 67.1 cm³/mol. The summed E-state index contributed by atoms with van der Waals surface area (Å²) >= 11 is 0. The molecule has 2 aromatic rings. The molecule has 1 amide bonds. The van der Waals surface area contributed by atoms with Gasteiger partial charge in [0.1, 0.15) is 12.4 Å². The Morgan fingerprint density at radius 3 is 2.94 bits per heavy atom. The van der Waals surface area contributed by atoms with E-state index in [-0.39, 0.29) is 5.56 Å². The van der Waals surface area contributed by atoms with Crippen LogP contribution in [0.5, 0.6) is 5.75 Å². The third kappa shape index (κ3) is 2.79. The van der Waals surface area contributed by atoms with E-state index in [1.54, 1.807) is 23.0 Å².